The third-order valence-corrected chi connectivity index (χ3v) is 4.07. The van der Waals surface area contributed by atoms with Crippen LogP contribution in [0.3, 0.4) is 0 Å². The summed E-state index contributed by atoms with van der Waals surface area (Å²) in [5, 5.41) is 5.48. The predicted octanol–water partition coefficient (Wildman–Crippen LogP) is 4.57. The van der Waals surface area contributed by atoms with Gasteiger partial charge >= 0.3 is 6.03 Å². The predicted molar refractivity (Wildman–Crippen MR) is 111 cm³/mol. The molecule has 1 unspecified atom stereocenters. The van der Waals surface area contributed by atoms with Crippen molar-refractivity contribution in [1.29, 1.82) is 0 Å². The van der Waals surface area contributed by atoms with E-state index in [4.69, 9.17) is 4.74 Å². The number of rotatable bonds is 7. The maximum atomic E-state index is 14.1. The molecule has 1 heterocycles. The van der Waals surface area contributed by atoms with Crippen LogP contribution in [0.25, 0.3) is 0 Å². The number of ether oxygens (including phenoxy) is 1. The van der Waals surface area contributed by atoms with Crippen LogP contribution in [0.2, 0.25) is 0 Å². The van der Waals surface area contributed by atoms with Crippen molar-refractivity contribution in [2.75, 3.05) is 29.3 Å². The van der Waals surface area contributed by atoms with Gasteiger partial charge in [0.1, 0.15) is 5.82 Å². The second kappa shape index (κ2) is 9.75. The van der Waals surface area contributed by atoms with Gasteiger partial charge in [-0.3, -0.25) is 0 Å². The Morgan fingerprint density at radius 2 is 1.90 bits per heavy atom. The number of hydrogen-bond acceptors (Lipinski definition) is 5. The number of aromatic nitrogens is 2. The minimum absolute atomic E-state index is 0.0642. The smallest absolute Gasteiger partial charge is 0.332 e. The maximum Gasteiger partial charge on any atom is 0.332 e. The third-order valence-electron chi connectivity index (χ3n) is 4.07. The second-order valence-corrected chi connectivity index (χ2v) is 6.44. The summed E-state index contributed by atoms with van der Waals surface area (Å²) in [6, 6.07) is 13.0. The maximum absolute atomic E-state index is 14.1. The first-order valence-corrected chi connectivity index (χ1v) is 9.18. The van der Waals surface area contributed by atoms with Crippen molar-refractivity contribution in [2.45, 2.75) is 13.0 Å². The Kier molecular flexibility index (Phi) is 6.87. The molecule has 1 atom stereocenters. The average molecular weight is 413 g/mol. The molecule has 1 aromatic heterocycles. The quantitative estimate of drug-likeness (QED) is 0.593. The number of para-hydroxylation sites is 1. The largest absolute Gasteiger partial charge is 0.383 e. The first-order valence-electron chi connectivity index (χ1n) is 9.18. The summed E-state index contributed by atoms with van der Waals surface area (Å²) in [6.07, 6.45) is 1.50. The number of carbonyl (C=O) groups excluding carboxylic acids is 1. The van der Waals surface area contributed by atoms with Gasteiger partial charge in [0.2, 0.25) is 5.95 Å². The van der Waals surface area contributed by atoms with Gasteiger partial charge in [-0.25, -0.2) is 23.5 Å². The summed E-state index contributed by atoms with van der Waals surface area (Å²) < 4.78 is 32.7. The highest BCUT2D eigenvalue weighted by Gasteiger charge is 2.22. The van der Waals surface area contributed by atoms with Crippen LogP contribution >= 0.6 is 0 Å². The van der Waals surface area contributed by atoms with Gasteiger partial charge in [-0.1, -0.05) is 24.3 Å². The number of nitrogens with one attached hydrogen (secondary N) is 2. The van der Waals surface area contributed by atoms with Gasteiger partial charge in [0.25, 0.3) is 0 Å². The lowest BCUT2D eigenvalue weighted by Crippen LogP contribution is -2.32. The van der Waals surface area contributed by atoms with Crippen LogP contribution in [0.5, 0.6) is 0 Å². The zero-order valence-electron chi connectivity index (χ0n) is 16.5. The highest BCUT2D eigenvalue weighted by molar-refractivity contribution is 6.06. The Hall–Kier alpha value is -3.59. The van der Waals surface area contributed by atoms with Crippen LogP contribution in [-0.4, -0.2) is 35.8 Å². The van der Waals surface area contributed by atoms with E-state index in [2.05, 4.69) is 20.6 Å². The van der Waals surface area contributed by atoms with E-state index in [-0.39, 0.29) is 17.5 Å². The fourth-order valence-corrected chi connectivity index (χ4v) is 2.76. The molecule has 9 heteroatoms. The van der Waals surface area contributed by atoms with E-state index < -0.39 is 17.7 Å². The summed E-state index contributed by atoms with van der Waals surface area (Å²) in [5.74, 6) is -1.66. The van der Waals surface area contributed by atoms with Crippen molar-refractivity contribution in [2.24, 2.45) is 0 Å². The lowest BCUT2D eigenvalue weighted by atomic mass is 10.2. The van der Waals surface area contributed by atoms with Crippen molar-refractivity contribution >= 4 is 29.2 Å². The molecule has 3 aromatic rings. The molecular weight excluding hydrogens is 392 g/mol. The van der Waals surface area contributed by atoms with E-state index in [9.17, 15) is 13.6 Å². The first-order chi connectivity index (χ1) is 14.5. The summed E-state index contributed by atoms with van der Waals surface area (Å²) in [6.45, 7) is 2.34. The second-order valence-electron chi connectivity index (χ2n) is 6.44. The Labute approximate surface area is 172 Å². The van der Waals surface area contributed by atoms with E-state index in [0.29, 0.717) is 18.2 Å². The van der Waals surface area contributed by atoms with Crippen molar-refractivity contribution in [3.63, 3.8) is 0 Å². The Morgan fingerprint density at radius 3 is 2.63 bits per heavy atom. The molecule has 2 aromatic carbocycles. The summed E-state index contributed by atoms with van der Waals surface area (Å²) in [4.78, 5) is 22.8. The lowest BCUT2D eigenvalue weighted by Gasteiger charge is -2.23. The monoisotopic (exact) mass is 413 g/mol. The molecular formula is C21H21F2N5O2. The minimum Gasteiger partial charge on any atom is -0.383 e. The molecule has 0 fully saturated rings. The number of carbonyl (C=O) groups is 1. The van der Waals surface area contributed by atoms with Gasteiger partial charge in [-0.05, 0) is 31.2 Å². The molecule has 30 heavy (non-hydrogen) atoms. The molecule has 7 nitrogen and oxygen atoms in total. The molecule has 0 saturated heterocycles. The van der Waals surface area contributed by atoms with Gasteiger partial charge in [-0.15, -0.1) is 0 Å². The van der Waals surface area contributed by atoms with Gasteiger partial charge in [-0.2, -0.15) is 4.98 Å². The third kappa shape index (κ3) is 5.06. The Balaban J connectivity index is 1.94. The molecule has 2 amide bonds. The molecule has 0 spiro atoms. The van der Waals surface area contributed by atoms with Gasteiger partial charge < -0.3 is 15.4 Å². The molecule has 0 saturated carbocycles. The van der Waals surface area contributed by atoms with Gasteiger partial charge in [0, 0.05) is 25.4 Å². The molecule has 2 N–H and O–H groups in total. The standard InChI is InChI=1S/C21H21F2N5O2/c1-14(13-30-2)25-20-24-12-11-18(27-20)28(15-7-4-3-5-8-15)21(29)26-17-10-6-9-16(22)19(17)23/h3-12,14H,13H2,1-2H3,(H,26,29)(H,24,25,27). The van der Waals surface area contributed by atoms with E-state index >= 15 is 0 Å². The van der Waals surface area contributed by atoms with Crippen LogP contribution in [-0.2, 0) is 4.74 Å². The molecule has 0 aliphatic rings. The molecule has 0 aliphatic heterocycles. The SMILES string of the molecule is COCC(C)Nc1nccc(N(C(=O)Nc2cccc(F)c2F)c2ccccc2)n1. The lowest BCUT2D eigenvalue weighted by molar-refractivity contribution is 0.190. The van der Waals surface area contributed by atoms with E-state index in [1.54, 1.807) is 43.5 Å². The number of halogens is 2. The molecule has 156 valence electrons. The normalized spacial score (nSPS) is 11.6. The summed E-state index contributed by atoms with van der Waals surface area (Å²) >= 11 is 0. The fraction of sp³-hybridized carbons (Fsp3) is 0.190. The number of urea groups is 1. The summed E-state index contributed by atoms with van der Waals surface area (Å²) in [7, 11) is 1.59. The van der Waals surface area contributed by atoms with Crippen molar-refractivity contribution in [3.05, 3.63) is 72.4 Å². The van der Waals surface area contributed by atoms with Crippen LogP contribution in [0.4, 0.5) is 36.7 Å². The van der Waals surface area contributed by atoms with Crippen molar-refractivity contribution in [1.82, 2.24) is 9.97 Å². The zero-order chi connectivity index (χ0) is 21.5. The number of methoxy groups -OCH3 is 1. The van der Waals surface area contributed by atoms with E-state index in [0.717, 1.165) is 6.07 Å². The van der Waals surface area contributed by atoms with E-state index in [1.165, 1.54) is 23.2 Å². The van der Waals surface area contributed by atoms with Gasteiger partial charge in [0.05, 0.1) is 18.0 Å². The van der Waals surface area contributed by atoms with Crippen LogP contribution in [0, 0.1) is 11.6 Å². The van der Waals surface area contributed by atoms with Crippen LogP contribution in [0.1, 0.15) is 6.92 Å². The molecule has 0 aliphatic carbocycles. The number of amides is 2. The number of hydrogen-bond donors (Lipinski definition) is 2. The van der Waals surface area contributed by atoms with Crippen molar-refractivity contribution in [3.8, 4) is 0 Å². The van der Waals surface area contributed by atoms with Crippen LogP contribution in [0.15, 0.2) is 60.8 Å². The van der Waals surface area contributed by atoms with Crippen LogP contribution < -0.4 is 15.5 Å². The fourth-order valence-electron chi connectivity index (χ4n) is 2.76. The topological polar surface area (TPSA) is 79.4 Å². The number of nitrogens with zero attached hydrogens (tertiary/aromatic N) is 3. The number of benzene rings is 2. The first kappa shape index (κ1) is 21.1. The average Bonchev–Trinajstić information content (AvgIpc) is 2.73. The number of anilines is 4. The summed E-state index contributed by atoms with van der Waals surface area (Å²) in [5.41, 5.74) is 0.212. The molecule has 0 bridgehead atoms. The van der Waals surface area contributed by atoms with Gasteiger partial charge in [0.15, 0.2) is 11.6 Å². The van der Waals surface area contributed by atoms with Crippen molar-refractivity contribution < 1.29 is 18.3 Å². The van der Waals surface area contributed by atoms with E-state index in [1.807, 2.05) is 6.92 Å². The zero-order valence-corrected chi connectivity index (χ0v) is 16.5. The Bertz CT molecular complexity index is 1000. The minimum atomic E-state index is -1.14. The highest BCUT2D eigenvalue weighted by atomic mass is 19.2. The molecule has 0 radical (unpaired) electrons. The highest BCUT2D eigenvalue weighted by Crippen LogP contribution is 2.26. The Morgan fingerprint density at radius 1 is 1.13 bits per heavy atom. The molecule has 3 rings (SSSR count).